The van der Waals surface area contributed by atoms with Crippen LogP contribution in [0, 0.1) is 5.41 Å². The van der Waals surface area contributed by atoms with Crippen LogP contribution in [0.25, 0.3) is 11.0 Å². The second-order valence-corrected chi connectivity index (χ2v) is 7.93. The molecule has 7 heteroatoms. The molecule has 168 valence electrons. The summed E-state index contributed by atoms with van der Waals surface area (Å²) in [5.74, 6) is 0.881. The molecule has 0 atom stereocenters. The van der Waals surface area contributed by atoms with Crippen molar-refractivity contribution in [1.29, 1.82) is 5.41 Å². The summed E-state index contributed by atoms with van der Waals surface area (Å²) in [7, 11) is 1.97. The van der Waals surface area contributed by atoms with Crippen LogP contribution in [0.5, 0.6) is 0 Å². The van der Waals surface area contributed by atoms with Crippen molar-refractivity contribution in [3.63, 3.8) is 0 Å². The normalized spacial score (nSPS) is 10.8. The van der Waals surface area contributed by atoms with Gasteiger partial charge in [0.1, 0.15) is 11.7 Å². The highest BCUT2D eigenvalue weighted by atomic mass is 16.2. The predicted octanol–water partition coefficient (Wildman–Crippen LogP) is 4.53. The number of nitrogens with zero attached hydrogens (tertiary/aromatic N) is 3. The smallest absolute Gasteiger partial charge is 0.258 e. The number of nitrogens with two attached hydrogens (primary N) is 1. The van der Waals surface area contributed by atoms with Gasteiger partial charge in [-0.15, -0.1) is 0 Å². The summed E-state index contributed by atoms with van der Waals surface area (Å²) >= 11 is 0. The summed E-state index contributed by atoms with van der Waals surface area (Å²) in [6, 6.07) is 22.9. The van der Waals surface area contributed by atoms with Crippen LogP contribution in [0.3, 0.4) is 0 Å². The monoisotopic (exact) mass is 440 g/mol. The Labute approximate surface area is 193 Å². The zero-order chi connectivity index (χ0) is 23.4. The zero-order valence-corrected chi connectivity index (χ0v) is 18.9. The third-order valence-corrected chi connectivity index (χ3v) is 5.63. The zero-order valence-electron chi connectivity index (χ0n) is 18.9. The molecular weight excluding hydrogens is 412 g/mol. The van der Waals surface area contributed by atoms with Crippen molar-refractivity contribution >= 4 is 34.2 Å². The maximum atomic E-state index is 13.3. The van der Waals surface area contributed by atoms with Crippen LogP contribution in [0.2, 0.25) is 0 Å². The number of nitrogens with one attached hydrogen (secondary N) is 2. The number of fused-ring (bicyclic) bond motifs is 1. The lowest BCUT2D eigenvalue weighted by Crippen LogP contribution is -2.31. The Morgan fingerprint density at radius 2 is 1.76 bits per heavy atom. The first-order chi connectivity index (χ1) is 16.0. The number of aromatic nitrogens is 2. The van der Waals surface area contributed by atoms with Crippen molar-refractivity contribution in [1.82, 2.24) is 9.55 Å². The van der Waals surface area contributed by atoms with E-state index in [4.69, 9.17) is 16.1 Å². The fourth-order valence-electron chi connectivity index (χ4n) is 3.82. The van der Waals surface area contributed by atoms with Gasteiger partial charge < -0.3 is 20.5 Å². The first kappa shape index (κ1) is 22.1. The summed E-state index contributed by atoms with van der Waals surface area (Å²) in [6.45, 7) is 3.25. The van der Waals surface area contributed by atoms with Crippen molar-refractivity contribution in [2.75, 3.05) is 16.8 Å². The van der Waals surface area contributed by atoms with E-state index in [1.54, 1.807) is 0 Å². The molecule has 0 unspecified atom stereocenters. The van der Waals surface area contributed by atoms with Gasteiger partial charge in [-0.3, -0.25) is 10.2 Å². The molecule has 0 radical (unpaired) electrons. The van der Waals surface area contributed by atoms with Gasteiger partial charge in [0, 0.05) is 36.1 Å². The van der Waals surface area contributed by atoms with Crippen molar-refractivity contribution < 1.29 is 4.79 Å². The molecule has 1 amide bonds. The van der Waals surface area contributed by atoms with Gasteiger partial charge >= 0.3 is 0 Å². The van der Waals surface area contributed by atoms with E-state index < -0.39 is 0 Å². The van der Waals surface area contributed by atoms with Crippen LogP contribution in [0.15, 0.2) is 72.8 Å². The predicted molar refractivity (Wildman–Crippen MR) is 134 cm³/mol. The minimum atomic E-state index is -0.0270. The number of nitrogen functional groups attached to an aromatic ring is 1. The van der Waals surface area contributed by atoms with Gasteiger partial charge in [-0.2, -0.15) is 0 Å². The van der Waals surface area contributed by atoms with E-state index in [-0.39, 0.29) is 11.7 Å². The van der Waals surface area contributed by atoms with Gasteiger partial charge in [0.15, 0.2) is 0 Å². The van der Waals surface area contributed by atoms with Crippen molar-refractivity contribution in [2.45, 2.75) is 19.9 Å². The minimum absolute atomic E-state index is 0.0270. The number of aryl methyl sites for hydroxylation is 1. The molecular formula is C26H28N6O. The van der Waals surface area contributed by atoms with E-state index in [2.05, 4.69) is 12.2 Å². The molecule has 0 aliphatic carbocycles. The summed E-state index contributed by atoms with van der Waals surface area (Å²) in [4.78, 5) is 19.9. The highest BCUT2D eigenvalue weighted by molar-refractivity contribution is 6.07. The van der Waals surface area contributed by atoms with Gasteiger partial charge in [-0.05, 0) is 61.0 Å². The third kappa shape index (κ3) is 4.72. The topological polar surface area (TPSA) is 100 Å². The lowest BCUT2D eigenvalue weighted by molar-refractivity contribution is 0.0987. The van der Waals surface area contributed by atoms with Gasteiger partial charge in [0.25, 0.3) is 5.91 Å². The number of carbonyl (C=O) groups is 1. The van der Waals surface area contributed by atoms with Crippen molar-refractivity contribution in [3.8, 4) is 0 Å². The Bertz CT molecular complexity index is 1280. The first-order valence-electron chi connectivity index (χ1n) is 11.0. The number of imidazole rings is 1. The largest absolute Gasteiger partial charge is 0.384 e. The minimum Gasteiger partial charge on any atom is -0.384 e. The van der Waals surface area contributed by atoms with E-state index in [9.17, 15) is 4.79 Å². The van der Waals surface area contributed by atoms with E-state index in [0.717, 1.165) is 34.7 Å². The van der Waals surface area contributed by atoms with E-state index >= 15 is 0 Å². The van der Waals surface area contributed by atoms with Crippen LogP contribution < -0.4 is 16.0 Å². The lowest BCUT2D eigenvalue weighted by Gasteiger charge is -2.22. The highest BCUT2D eigenvalue weighted by Gasteiger charge is 2.18. The van der Waals surface area contributed by atoms with Crippen molar-refractivity contribution in [3.05, 3.63) is 89.7 Å². The standard InChI is InChI=1S/C26H28N6O/c1-3-15-32(21-7-5-4-6-8-21)26(33)19-11-14-23-22(16-19)30-24(31(23)2)17-29-20-12-9-18(10-13-20)25(27)28/h4-14,16,29H,3,15,17H2,1-2H3,(H3,27,28). The molecule has 0 fully saturated rings. The quantitative estimate of drug-likeness (QED) is 0.277. The average Bonchev–Trinajstić information content (AvgIpc) is 3.16. The number of hydrogen-bond acceptors (Lipinski definition) is 4. The van der Waals surface area contributed by atoms with E-state index in [1.807, 2.05) is 89.3 Å². The number of carbonyl (C=O) groups excluding carboxylic acids is 1. The van der Waals surface area contributed by atoms with Crippen LogP contribution >= 0.6 is 0 Å². The number of anilines is 2. The Hall–Kier alpha value is -4.13. The van der Waals surface area contributed by atoms with Crippen LogP contribution in [-0.2, 0) is 13.6 Å². The summed E-state index contributed by atoms with van der Waals surface area (Å²) in [5, 5.41) is 10.8. The maximum Gasteiger partial charge on any atom is 0.258 e. The maximum absolute atomic E-state index is 13.3. The number of amides is 1. The SMILES string of the molecule is CCCN(C(=O)c1ccc2c(c1)nc(CNc1ccc(C(=N)N)cc1)n2C)c1ccccc1. The van der Waals surface area contributed by atoms with Crippen LogP contribution in [0.1, 0.15) is 35.1 Å². The molecule has 1 aromatic heterocycles. The van der Waals surface area contributed by atoms with Crippen LogP contribution in [0.4, 0.5) is 11.4 Å². The molecule has 4 N–H and O–H groups in total. The molecule has 4 aromatic rings. The lowest BCUT2D eigenvalue weighted by atomic mass is 10.1. The van der Waals surface area contributed by atoms with E-state index in [0.29, 0.717) is 24.2 Å². The molecule has 0 aliphatic rings. The molecule has 0 bridgehead atoms. The number of rotatable bonds is 8. The molecule has 7 nitrogen and oxygen atoms in total. The third-order valence-electron chi connectivity index (χ3n) is 5.63. The van der Waals surface area contributed by atoms with Gasteiger partial charge in [0.2, 0.25) is 0 Å². The first-order valence-corrected chi connectivity index (χ1v) is 11.0. The van der Waals surface area contributed by atoms with Gasteiger partial charge in [-0.1, -0.05) is 25.1 Å². The number of para-hydroxylation sites is 1. The number of hydrogen-bond donors (Lipinski definition) is 3. The molecule has 0 spiro atoms. The Balaban J connectivity index is 1.55. The Morgan fingerprint density at radius 3 is 2.42 bits per heavy atom. The second kappa shape index (κ2) is 9.56. The number of benzene rings is 3. The van der Waals surface area contributed by atoms with Gasteiger partial charge in [-0.25, -0.2) is 4.98 Å². The van der Waals surface area contributed by atoms with Crippen LogP contribution in [-0.4, -0.2) is 27.8 Å². The summed E-state index contributed by atoms with van der Waals surface area (Å²) in [5.41, 5.74) is 10.4. The second-order valence-electron chi connectivity index (χ2n) is 7.93. The molecule has 0 saturated carbocycles. The van der Waals surface area contributed by atoms with E-state index in [1.165, 1.54) is 0 Å². The summed E-state index contributed by atoms with van der Waals surface area (Å²) in [6.07, 6.45) is 0.871. The van der Waals surface area contributed by atoms with Crippen molar-refractivity contribution in [2.24, 2.45) is 12.8 Å². The highest BCUT2D eigenvalue weighted by Crippen LogP contribution is 2.22. The molecule has 0 saturated heterocycles. The molecule has 3 aromatic carbocycles. The molecule has 33 heavy (non-hydrogen) atoms. The number of amidine groups is 1. The molecule has 0 aliphatic heterocycles. The fourth-order valence-corrected chi connectivity index (χ4v) is 3.82. The Morgan fingerprint density at radius 1 is 1.06 bits per heavy atom. The molecule has 4 rings (SSSR count). The fraction of sp³-hybridized carbons (Fsp3) is 0.192. The Kier molecular flexibility index (Phi) is 6.40. The molecule has 1 heterocycles. The average molecular weight is 441 g/mol. The van der Waals surface area contributed by atoms with Gasteiger partial charge in [0.05, 0.1) is 17.6 Å². The summed E-state index contributed by atoms with van der Waals surface area (Å²) < 4.78 is 2.03.